The van der Waals surface area contributed by atoms with E-state index < -0.39 is 5.41 Å². The van der Waals surface area contributed by atoms with Crippen molar-refractivity contribution < 1.29 is 4.74 Å². The van der Waals surface area contributed by atoms with Gasteiger partial charge in [0.15, 0.2) is 0 Å². The molecule has 0 saturated heterocycles. The highest BCUT2D eigenvalue weighted by atomic mass is 16.5. The maximum absolute atomic E-state index is 6.84. The van der Waals surface area contributed by atoms with Crippen LogP contribution in [0.15, 0.2) is 231 Å². The molecule has 0 unspecified atom stereocenters. The predicted molar refractivity (Wildman–Crippen MR) is 263 cm³/mol. The van der Waals surface area contributed by atoms with Crippen molar-refractivity contribution in [2.75, 3.05) is 0 Å². The zero-order valence-electron chi connectivity index (χ0n) is 34.7. The molecule has 0 bridgehead atoms. The van der Waals surface area contributed by atoms with E-state index in [1.165, 1.54) is 88.1 Å². The van der Waals surface area contributed by atoms with Crippen molar-refractivity contribution >= 4 is 43.6 Å². The molecule has 3 nitrogen and oxygen atoms in total. The van der Waals surface area contributed by atoms with Crippen LogP contribution >= 0.6 is 0 Å². The Bertz CT molecular complexity index is 3810. The van der Waals surface area contributed by atoms with Gasteiger partial charge in [-0.25, -0.2) is 0 Å². The maximum atomic E-state index is 6.84. The number of benzene rings is 10. The first-order valence-corrected chi connectivity index (χ1v) is 22.1. The Balaban J connectivity index is 1.10. The minimum atomic E-state index is -0.676. The molecule has 10 aromatic carbocycles. The summed E-state index contributed by atoms with van der Waals surface area (Å²) in [5, 5.41) is 4.94. The molecule has 2 aliphatic rings. The van der Waals surface area contributed by atoms with Crippen LogP contribution in [0.3, 0.4) is 0 Å². The monoisotopic (exact) mass is 814 g/mol. The predicted octanol–water partition coefficient (Wildman–Crippen LogP) is 15.7. The topological polar surface area (TPSA) is 19.1 Å². The summed E-state index contributed by atoms with van der Waals surface area (Å²) >= 11 is 0. The average Bonchev–Trinajstić information content (AvgIpc) is 3.97. The first kappa shape index (κ1) is 35.2. The molecular formula is C61H38N2O. The van der Waals surface area contributed by atoms with Crippen LogP contribution in [0.4, 0.5) is 0 Å². The number of hydrogen-bond donors (Lipinski definition) is 0. The summed E-state index contributed by atoms with van der Waals surface area (Å²) in [5.41, 5.74) is 18.4. The fourth-order valence-corrected chi connectivity index (χ4v) is 11.3. The van der Waals surface area contributed by atoms with Crippen molar-refractivity contribution in [3.63, 3.8) is 0 Å². The Morgan fingerprint density at radius 3 is 1.31 bits per heavy atom. The number of aromatic nitrogens is 2. The Morgan fingerprint density at radius 1 is 0.281 bits per heavy atom. The van der Waals surface area contributed by atoms with Gasteiger partial charge in [-0.1, -0.05) is 158 Å². The molecule has 0 saturated carbocycles. The number of para-hydroxylation sites is 4. The highest BCUT2D eigenvalue weighted by Crippen LogP contribution is 2.63. The largest absolute Gasteiger partial charge is 0.457 e. The molecule has 64 heavy (non-hydrogen) atoms. The molecule has 3 heterocycles. The number of rotatable bonds is 4. The van der Waals surface area contributed by atoms with Gasteiger partial charge in [-0.15, -0.1) is 0 Å². The van der Waals surface area contributed by atoms with Gasteiger partial charge in [0, 0.05) is 44.0 Å². The zero-order chi connectivity index (χ0) is 41.9. The lowest BCUT2D eigenvalue weighted by atomic mass is 9.66. The van der Waals surface area contributed by atoms with Crippen LogP contribution in [0, 0.1) is 0 Å². The molecule has 0 N–H and O–H groups in total. The van der Waals surface area contributed by atoms with Gasteiger partial charge < -0.3 is 13.9 Å². The van der Waals surface area contributed by atoms with Crippen LogP contribution in [0.1, 0.15) is 22.3 Å². The van der Waals surface area contributed by atoms with Gasteiger partial charge in [0.1, 0.15) is 11.5 Å². The van der Waals surface area contributed by atoms with Gasteiger partial charge in [-0.3, -0.25) is 0 Å². The Morgan fingerprint density at radius 2 is 0.734 bits per heavy atom. The first-order valence-electron chi connectivity index (χ1n) is 22.1. The number of fused-ring (bicyclic) bond motifs is 15. The summed E-state index contributed by atoms with van der Waals surface area (Å²) < 4.78 is 11.8. The highest BCUT2D eigenvalue weighted by molar-refractivity contribution is 6.15. The molecule has 0 fully saturated rings. The van der Waals surface area contributed by atoms with Crippen LogP contribution in [-0.2, 0) is 5.41 Å². The highest BCUT2D eigenvalue weighted by Gasteiger charge is 2.52. The number of hydrogen-bond acceptors (Lipinski definition) is 1. The third-order valence-corrected chi connectivity index (χ3v) is 14.0. The second-order valence-corrected chi connectivity index (χ2v) is 17.2. The molecule has 298 valence electrons. The fourth-order valence-electron chi connectivity index (χ4n) is 11.3. The SMILES string of the molecule is c1ccc(-c2ccc(-n3c4ccccc4c4cc5c(cc43)C3(c4ccccc4Oc4ccccc43)c3cc4c(cc3-5)c3ccccc3n4-c3cccc(-c4ccccc4)c3)cc2)cc1. The van der Waals surface area contributed by atoms with Crippen molar-refractivity contribution in [2.45, 2.75) is 5.41 Å². The third kappa shape index (κ3) is 4.81. The van der Waals surface area contributed by atoms with E-state index in [9.17, 15) is 0 Å². The molecule has 0 amide bonds. The van der Waals surface area contributed by atoms with E-state index in [1.54, 1.807) is 0 Å². The molecule has 3 heteroatoms. The van der Waals surface area contributed by atoms with Crippen molar-refractivity contribution in [2.24, 2.45) is 0 Å². The Hall–Kier alpha value is -8.40. The second-order valence-electron chi connectivity index (χ2n) is 17.2. The van der Waals surface area contributed by atoms with Gasteiger partial charge >= 0.3 is 0 Å². The molecule has 2 aromatic heterocycles. The summed E-state index contributed by atoms with van der Waals surface area (Å²) in [5.74, 6) is 1.77. The zero-order valence-corrected chi connectivity index (χ0v) is 34.7. The molecule has 1 spiro atoms. The minimum absolute atomic E-state index is 0.676. The summed E-state index contributed by atoms with van der Waals surface area (Å²) in [4.78, 5) is 0. The van der Waals surface area contributed by atoms with Crippen molar-refractivity contribution in [3.8, 4) is 56.3 Å². The molecule has 12 aromatic rings. The Kier molecular flexibility index (Phi) is 7.32. The van der Waals surface area contributed by atoms with E-state index in [0.29, 0.717) is 0 Å². The van der Waals surface area contributed by atoms with Crippen molar-refractivity contribution in [1.29, 1.82) is 0 Å². The minimum Gasteiger partial charge on any atom is -0.457 e. The summed E-state index contributed by atoms with van der Waals surface area (Å²) in [7, 11) is 0. The van der Waals surface area contributed by atoms with Gasteiger partial charge in [-0.2, -0.15) is 0 Å². The lowest BCUT2D eigenvalue weighted by molar-refractivity contribution is 0.436. The normalized spacial score (nSPS) is 13.2. The first-order chi connectivity index (χ1) is 31.7. The van der Waals surface area contributed by atoms with Gasteiger partial charge in [0.25, 0.3) is 0 Å². The molecular weight excluding hydrogens is 777 g/mol. The lowest BCUT2D eigenvalue weighted by Gasteiger charge is -2.39. The molecule has 1 aliphatic carbocycles. The number of ether oxygens (including phenoxy) is 1. The lowest BCUT2D eigenvalue weighted by Crippen LogP contribution is -2.32. The third-order valence-electron chi connectivity index (χ3n) is 14.0. The van der Waals surface area contributed by atoms with Gasteiger partial charge in [0.05, 0.1) is 27.5 Å². The standard InChI is InChI=1S/C61H38N2O/c1-3-16-39(17-4-1)41-30-32-43(33-31-41)62-55-26-11-7-22-45(55)49-35-47-48-36-50-46-23-8-12-27-56(46)63(44-21-15-20-42(34-44)40-18-5-2-6-19-40)58(50)38-54(48)61(53(47)37-57(49)62)51-24-9-13-28-59(51)64-60-29-14-10-25-52(60)61/h1-38H. The number of nitrogens with zero attached hydrogens (tertiary/aromatic N) is 2. The van der Waals surface area contributed by atoms with E-state index in [1.807, 2.05) is 0 Å². The summed E-state index contributed by atoms with van der Waals surface area (Å²) in [6, 6.07) is 84.5. The second kappa shape index (κ2) is 13.3. The summed E-state index contributed by atoms with van der Waals surface area (Å²) in [6.45, 7) is 0. The maximum Gasteiger partial charge on any atom is 0.132 e. The van der Waals surface area contributed by atoms with Crippen LogP contribution in [0.5, 0.6) is 11.5 Å². The van der Waals surface area contributed by atoms with Gasteiger partial charge in [0.2, 0.25) is 0 Å². The van der Waals surface area contributed by atoms with Crippen LogP contribution in [-0.4, -0.2) is 9.13 Å². The van der Waals surface area contributed by atoms with Gasteiger partial charge in [-0.05, 0) is 117 Å². The van der Waals surface area contributed by atoms with Crippen molar-refractivity contribution in [1.82, 2.24) is 9.13 Å². The van der Waals surface area contributed by atoms with E-state index in [-0.39, 0.29) is 0 Å². The van der Waals surface area contributed by atoms with E-state index >= 15 is 0 Å². The van der Waals surface area contributed by atoms with Crippen LogP contribution in [0.2, 0.25) is 0 Å². The van der Waals surface area contributed by atoms with E-state index in [4.69, 9.17) is 4.74 Å². The fraction of sp³-hybridized carbons (Fsp3) is 0.0164. The van der Waals surface area contributed by atoms with Crippen molar-refractivity contribution in [3.05, 3.63) is 253 Å². The smallest absolute Gasteiger partial charge is 0.132 e. The summed E-state index contributed by atoms with van der Waals surface area (Å²) in [6.07, 6.45) is 0. The van der Waals surface area contributed by atoms with Crippen LogP contribution in [0.25, 0.3) is 88.4 Å². The average molecular weight is 815 g/mol. The quantitative estimate of drug-likeness (QED) is 0.173. The molecule has 0 radical (unpaired) electrons. The molecule has 14 rings (SSSR count). The molecule has 0 atom stereocenters. The van der Waals surface area contributed by atoms with Crippen LogP contribution < -0.4 is 4.74 Å². The molecule has 1 aliphatic heterocycles. The van der Waals surface area contributed by atoms with E-state index in [2.05, 4.69) is 240 Å². The Labute approximate surface area is 370 Å². The van der Waals surface area contributed by atoms with E-state index in [0.717, 1.165) is 34.0 Å².